The van der Waals surface area contributed by atoms with Crippen LogP contribution in [-0.2, 0) is 21.4 Å². The fourth-order valence-corrected chi connectivity index (χ4v) is 2.09. The molecule has 0 amide bonds. The van der Waals surface area contributed by atoms with Gasteiger partial charge in [-0.05, 0) is 30.9 Å². The molecule has 0 radical (unpaired) electrons. The van der Waals surface area contributed by atoms with Crippen LogP contribution in [0.4, 0.5) is 0 Å². The Morgan fingerprint density at radius 2 is 1.89 bits per heavy atom. The quantitative estimate of drug-likeness (QED) is 0.821. The number of carboxylic acids is 1. The lowest BCUT2D eigenvalue weighted by atomic mass is 9.81. The van der Waals surface area contributed by atoms with E-state index in [1.807, 2.05) is 26.0 Å². The fourth-order valence-electron chi connectivity index (χ4n) is 2.09. The number of carboxylic acid groups (broad SMARTS) is 1. The summed E-state index contributed by atoms with van der Waals surface area (Å²) >= 11 is 0. The van der Waals surface area contributed by atoms with E-state index >= 15 is 0 Å². The number of benzene rings is 1. The van der Waals surface area contributed by atoms with Gasteiger partial charge in [0.15, 0.2) is 0 Å². The molecule has 0 aliphatic carbocycles. The minimum atomic E-state index is -0.761. The number of hydrogen-bond acceptors (Lipinski definition) is 2. The highest BCUT2D eigenvalue weighted by Gasteiger charge is 2.23. The highest BCUT2D eigenvalue weighted by molar-refractivity contribution is 5.68. The summed E-state index contributed by atoms with van der Waals surface area (Å²) in [4.78, 5) is 10.9. The van der Waals surface area contributed by atoms with Gasteiger partial charge in [0, 0.05) is 12.5 Å². The van der Waals surface area contributed by atoms with Crippen LogP contribution in [-0.4, -0.2) is 24.3 Å². The van der Waals surface area contributed by atoms with Gasteiger partial charge in [0.1, 0.15) is 0 Å². The van der Waals surface area contributed by atoms with Crippen molar-refractivity contribution in [2.24, 2.45) is 0 Å². The fraction of sp³-hybridized carbons (Fsp3) is 0.562. The lowest BCUT2D eigenvalue weighted by molar-refractivity contribution is -0.138. The van der Waals surface area contributed by atoms with E-state index in [2.05, 4.69) is 19.1 Å². The molecular formula is C16H24O3. The molecule has 0 aliphatic heterocycles. The predicted octanol–water partition coefficient (Wildman–Crippen LogP) is 3.41. The molecule has 0 saturated heterocycles. The van der Waals surface area contributed by atoms with Crippen LogP contribution in [0, 0.1) is 0 Å². The van der Waals surface area contributed by atoms with Crippen molar-refractivity contribution in [3.63, 3.8) is 0 Å². The van der Waals surface area contributed by atoms with Gasteiger partial charge in [-0.25, -0.2) is 0 Å². The smallest absolute Gasteiger partial charge is 0.304 e. The highest BCUT2D eigenvalue weighted by atomic mass is 16.5. The molecule has 1 aromatic rings. The third kappa shape index (κ3) is 5.03. The van der Waals surface area contributed by atoms with Crippen molar-refractivity contribution >= 4 is 5.97 Å². The second-order valence-electron chi connectivity index (χ2n) is 5.74. The maximum atomic E-state index is 10.9. The Morgan fingerprint density at radius 1 is 1.32 bits per heavy atom. The third-order valence-electron chi connectivity index (χ3n) is 3.57. The summed E-state index contributed by atoms with van der Waals surface area (Å²) in [7, 11) is 1.72. The van der Waals surface area contributed by atoms with Crippen LogP contribution in [0.2, 0.25) is 0 Å². The van der Waals surface area contributed by atoms with E-state index in [0.717, 1.165) is 18.4 Å². The van der Waals surface area contributed by atoms with E-state index in [1.165, 1.54) is 5.56 Å². The van der Waals surface area contributed by atoms with Gasteiger partial charge in [-0.2, -0.15) is 0 Å². The Balaban J connectivity index is 2.68. The van der Waals surface area contributed by atoms with Crippen LogP contribution in [0.5, 0.6) is 0 Å². The summed E-state index contributed by atoms with van der Waals surface area (Å²) in [5.74, 6) is -0.761. The monoisotopic (exact) mass is 264 g/mol. The number of ether oxygens (including phenoxy) is 1. The molecule has 1 rings (SSSR count). The van der Waals surface area contributed by atoms with E-state index in [9.17, 15) is 4.79 Å². The number of hydrogen-bond donors (Lipinski definition) is 1. The average molecular weight is 264 g/mol. The van der Waals surface area contributed by atoms with Crippen molar-refractivity contribution in [1.29, 1.82) is 0 Å². The second-order valence-corrected chi connectivity index (χ2v) is 5.74. The zero-order valence-electron chi connectivity index (χ0n) is 12.3. The van der Waals surface area contributed by atoms with Crippen molar-refractivity contribution < 1.29 is 14.6 Å². The minimum absolute atomic E-state index is 0.146. The summed E-state index contributed by atoms with van der Waals surface area (Å²) in [6.07, 6.45) is 2.39. The molecule has 0 saturated carbocycles. The molecule has 106 valence electrons. The molecule has 3 nitrogen and oxygen atoms in total. The summed E-state index contributed by atoms with van der Waals surface area (Å²) in [5, 5.41) is 8.92. The van der Waals surface area contributed by atoms with Gasteiger partial charge in [-0.1, -0.05) is 38.1 Å². The molecule has 3 heteroatoms. The van der Waals surface area contributed by atoms with Crippen LogP contribution in [0.15, 0.2) is 24.3 Å². The van der Waals surface area contributed by atoms with E-state index in [1.54, 1.807) is 7.11 Å². The van der Waals surface area contributed by atoms with E-state index in [0.29, 0.717) is 0 Å². The zero-order valence-corrected chi connectivity index (χ0v) is 12.3. The Labute approximate surface area is 115 Å². The number of methoxy groups -OCH3 is 1. The van der Waals surface area contributed by atoms with Gasteiger partial charge in [0.2, 0.25) is 0 Å². The van der Waals surface area contributed by atoms with E-state index in [4.69, 9.17) is 9.84 Å². The van der Waals surface area contributed by atoms with Gasteiger partial charge in [-0.3, -0.25) is 4.79 Å². The first-order chi connectivity index (χ1) is 8.85. The Kier molecular flexibility index (Phi) is 5.55. The maximum Gasteiger partial charge on any atom is 0.304 e. The topological polar surface area (TPSA) is 46.5 Å². The van der Waals surface area contributed by atoms with Crippen molar-refractivity contribution in [3.8, 4) is 0 Å². The molecule has 1 atom stereocenters. The van der Waals surface area contributed by atoms with Crippen molar-refractivity contribution in [2.75, 3.05) is 7.11 Å². The van der Waals surface area contributed by atoms with Gasteiger partial charge in [0.25, 0.3) is 0 Å². The Morgan fingerprint density at radius 3 is 2.37 bits per heavy atom. The first-order valence-electron chi connectivity index (χ1n) is 6.69. The van der Waals surface area contributed by atoms with Crippen LogP contribution >= 0.6 is 0 Å². The van der Waals surface area contributed by atoms with Crippen LogP contribution in [0.25, 0.3) is 0 Å². The molecule has 0 aliphatic rings. The lowest BCUT2D eigenvalue weighted by Gasteiger charge is -2.23. The van der Waals surface area contributed by atoms with E-state index in [-0.39, 0.29) is 17.9 Å². The number of carbonyl (C=O) groups is 1. The average Bonchev–Trinajstić information content (AvgIpc) is 2.35. The van der Waals surface area contributed by atoms with Crippen LogP contribution in [0.1, 0.15) is 44.7 Å². The molecular weight excluding hydrogens is 240 g/mol. The first-order valence-corrected chi connectivity index (χ1v) is 6.69. The molecule has 1 N–H and O–H groups in total. The zero-order chi connectivity index (χ0) is 14.5. The SMILES string of the molecule is COC(C)CCc1ccc(C(C)(C)CC(=O)O)cc1. The molecule has 19 heavy (non-hydrogen) atoms. The molecule has 1 aromatic carbocycles. The van der Waals surface area contributed by atoms with Gasteiger partial charge < -0.3 is 9.84 Å². The summed E-state index contributed by atoms with van der Waals surface area (Å²) in [5.41, 5.74) is 2.00. The van der Waals surface area contributed by atoms with Gasteiger partial charge in [-0.15, -0.1) is 0 Å². The molecule has 0 spiro atoms. The van der Waals surface area contributed by atoms with Crippen LogP contribution in [0.3, 0.4) is 0 Å². The Hall–Kier alpha value is -1.35. The first kappa shape index (κ1) is 15.7. The predicted molar refractivity (Wildman–Crippen MR) is 76.5 cm³/mol. The number of aliphatic carboxylic acids is 1. The number of aryl methyl sites for hydroxylation is 1. The molecule has 1 unspecified atom stereocenters. The molecule has 0 fully saturated rings. The summed E-state index contributed by atoms with van der Waals surface area (Å²) < 4.78 is 5.23. The second kappa shape index (κ2) is 6.71. The highest BCUT2D eigenvalue weighted by Crippen LogP contribution is 2.27. The standard InChI is InChI=1S/C16H24O3/c1-12(19-4)5-6-13-7-9-14(10-8-13)16(2,3)11-15(17)18/h7-10,12H,5-6,11H2,1-4H3,(H,17,18). The Bertz CT molecular complexity index is 407. The largest absolute Gasteiger partial charge is 0.481 e. The van der Waals surface area contributed by atoms with Crippen molar-refractivity contribution in [1.82, 2.24) is 0 Å². The maximum absolute atomic E-state index is 10.9. The minimum Gasteiger partial charge on any atom is -0.481 e. The number of rotatable bonds is 7. The van der Waals surface area contributed by atoms with Gasteiger partial charge in [0.05, 0.1) is 12.5 Å². The summed E-state index contributed by atoms with van der Waals surface area (Å²) in [6.45, 7) is 5.98. The normalized spacial score (nSPS) is 13.3. The van der Waals surface area contributed by atoms with Gasteiger partial charge >= 0.3 is 5.97 Å². The van der Waals surface area contributed by atoms with Crippen LogP contribution < -0.4 is 0 Å². The molecule has 0 heterocycles. The van der Waals surface area contributed by atoms with Crippen molar-refractivity contribution in [3.05, 3.63) is 35.4 Å². The molecule has 0 bridgehead atoms. The van der Waals surface area contributed by atoms with Crippen molar-refractivity contribution in [2.45, 2.75) is 51.6 Å². The lowest BCUT2D eigenvalue weighted by Crippen LogP contribution is -2.21. The molecule has 0 aromatic heterocycles. The summed E-state index contributed by atoms with van der Waals surface area (Å²) in [6, 6.07) is 8.24. The third-order valence-corrected chi connectivity index (χ3v) is 3.57. The van der Waals surface area contributed by atoms with E-state index < -0.39 is 5.97 Å².